The van der Waals surface area contributed by atoms with Crippen LogP contribution in [0.3, 0.4) is 0 Å². The quantitative estimate of drug-likeness (QED) is 0.529. The molecule has 0 spiro atoms. The largest absolute Gasteiger partial charge is 0.368 e. The molecule has 13 heavy (non-hydrogen) atoms. The summed E-state index contributed by atoms with van der Waals surface area (Å²) in [6.45, 7) is 2.96. The lowest BCUT2D eigenvalue weighted by molar-refractivity contribution is -0.133. The summed E-state index contributed by atoms with van der Waals surface area (Å²) in [5.74, 6) is -1.12. The topological polar surface area (TPSA) is 92.5 Å². The zero-order valence-electron chi connectivity index (χ0n) is 7.40. The van der Waals surface area contributed by atoms with E-state index in [1.165, 1.54) is 6.92 Å². The van der Waals surface area contributed by atoms with E-state index in [-0.39, 0.29) is 0 Å². The molecule has 3 N–H and O–H groups in total. The van der Waals surface area contributed by atoms with Crippen LogP contribution in [-0.2, 0) is 9.59 Å². The van der Waals surface area contributed by atoms with Crippen molar-refractivity contribution in [3.8, 4) is 0 Å². The lowest BCUT2D eigenvalue weighted by atomic mass is 10.2. The molecule has 0 aliphatic carbocycles. The summed E-state index contributed by atoms with van der Waals surface area (Å²) in [6, 6.07) is -2.03. The van der Waals surface area contributed by atoms with Gasteiger partial charge in [0.2, 0.25) is 5.91 Å². The maximum Gasteiger partial charge on any atom is 0.325 e. The number of nitrogens with two attached hydrogens (primary N) is 1. The molecule has 0 radical (unpaired) electrons. The molecule has 6 nitrogen and oxygen atoms in total. The second kappa shape index (κ2) is 3.04. The Morgan fingerprint density at radius 3 is 2.46 bits per heavy atom. The van der Waals surface area contributed by atoms with Crippen molar-refractivity contribution in [3.63, 3.8) is 0 Å². The predicted molar refractivity (Wildman–Crippen MR) is 43.5 cm³/mol. The Morgan fingerprint density at radius 2 is 2.15 bits per heavy atom. The van der Waals surface area contributed by atoms with Gasteiger partial charge in [0.25, 0.3) is 5.91 Å². The highest BCUT2D eigenvalue weighted by molar-refractivity contribution is 6.06. The molecule has 0 bridgehead atoms. The molecule has 1 heterocycles. The highest BCUT2D eigenvalue weighted by atomic mass is 16.2. The SMILES string of the molecule is C[C@H](C(N)=O)N1C(=O)N[C@H](C)C1=O. The van der Waals surface area contributed by atoms with Crippen LogP contribution in [0.2, 0.25) is 0 Å². The molecule has 1 fully saturated rings. The fraction of sp³-hybridized carbons (Fsp3) is 0.571. The van der Waals surface area contributed by atoms with Crippen LogP contribution >= 0.6 is 0 Å². The minimum absolute atomic E-state index is 0.420. The Bertz CT molecular complexity index is 276. The third kappa shape index (κ3) is 1.47. The number of hydrogen-bond acceptors (Lipinski definition) is 3. The monoisotopic (exact) mass is 185 g/mol. The van der Waals surface area contributed by atoms with E-state index in [1.54, 1.807) is 6.92 Å². The second-order valence-corrected chi connectivity index (χ2v) is 2.96. The molecule has 72 valence electrons. The van der Waals surface area contributed by atoms with Crippen molar-refractivity contribution < 1.29 is 14.4 Å². The van der Waals surface area contributed by atoms with Gasteiger partial charge >= 0.3 is 6.03 Å². The molecule has 4 amide bonds. The fourth-order valence-electron chi connectivity index (χ4n) is 1.12. The van der Waals surface area contributed by atoms with Crippen LogP contribution in [-0.4, -0.2) is 34.8 Å². The molecule has 0 aromatic heterocycles. The molecule has 6 heteroatoms. The van der Waals surface area contributed by atoms with Crippen molar-refractivity contribution in [2.24, 2.45) is 5.73 Å². The van der Waals surface area contributed by atoms with Gasteiger partial charge < -0.3 is 11.1 Å². The molecule has 0 unspecified atom stereocenters. The van der Waals surface area contributed by atoms with E-state index in [0.717, 1.165) is 4.90 Å². The standard InChI is InChI=1S/C7H11N3O3/c1-3-6(12)10(7(13)9-3)4(2)5(8)11/h3-4H,1-2H3,(H2,8,11)(H,9,13)/t3-,4-/m1/s1. The van der Waals surface area contributed by atoms with E-state index in [1.807, 2.05) is 0 Å². The molecule has 1 aliphatic heterocycles. The first-order chi connectivity index (χ1) is 5.95. The van der Waals surface area contributed by atoms with Gasteiger partial charge in [-0.25, -0.2) is 4.79 Å². The number of nitrogens with zero attached hydrogens (tertiary/aromatic N) is 1. The number of carbonyl (C=O) groups excluding carboxylic acids is 3. The Labute approximate surface area is 75.1 Å². The van der Waals surface area contributed by atoms with Crippen LogP contribution in [0.15, 0.2) is 0 Å². The smallest absolute Gasteiger partial charge is 0.325 e. The summed E-state index contributed by atoms with van der Waals surface area (Å²) in [5.41, 5.74) is 4.97. The van der Waals surface area contributed by atoms with Gasteiger partial charge in [-0.3, -0.25) is 14.5 Å². The van der Waals surface area contributed by atoms with Crippen LogP contribution in [0.1, 0.15) is 13.8 Å². The summed E-state index contributed by atoms with van der Waals surface area (Å²) in [6.07, 6.45) is 0. The molecule has 1 aliphatic rings. The van der Waals surface area contributed by atoms with E-state index in [9.17, 15) is 14.4 Å². The highest BCUT2D eigenvalue weighted by Crippen LogP contribution is 2.09. The number of rotatable bonds is 2. The van der Waals surface area contributed by atoms with Crippen molar-refractivity contribution >= 4 is 17.8 Å². The maximum absolute atomic E-state index is 11.3. The number of urea groups is 1. The summed E-state index contributed by atoms with van der Waals surface area (Å²) >= 11 is 0. The zero-order chi connectivity index (χ0) is 10.2. The van der Waals surface area contributed by atoms with Gasteiger partial charge in [0.1, 0.15) is 12.1 Å². The molecule has 0 saturated carbocycles. The fourth-order valence-corrected chi connectivity index (χ4v) is 1.12. The molecular formula is C7H11N3O3. The van der Waals surface area contributed by atoms with Gasteiger partial charge in [0.05, 0.1) is 0 Å². The Hall–Kier alpha value is -1.59. The van der Waals surface area contributed by atoms with Crippen LogP contribution in [0.4, 0.5) is 4.79 Å². The first kappa shape index (κ1) is 9.50. The van der Waals surface area contributed by atoms with Crippen molar-refractivity contribution in [1.29, 1.82) is 0 Å². The van der Waals surface area contributed by atoms with Crippen molar-refractivity contribution in [2.45, 2.75) is 25.9 Å². The maximum atomic E-state index is 11.3. The first-order valence-corrected chi connectivity index (χ1v) is 3.88. The third-order valence-corrected chi connectivity index (χ3v) is 1.97. The van der Waals surface area contributed by atoms with E-state index in [2.05, 4.69) is 5.32 Å². The summed E-state index contributed by atoms with van der Waals surface area (Å²) < 4.78 is 0. The van der Waals surface area contributed by atoms with Gasteiger partial charge in [-0.1, -0.05) is 0 Å². The van der Waals surface area contributed by atoms with E-state index >= 15 is 0 Å². The second-order valence-electron chi connectivity index (χ2n) is 2.96. The number of hydrogen-bond donors (Lipinski definition) is 2. The summed E-state index contributed by atoms with van der Waals surface area (Å²) in [5, 5.41) is 2.38. The van der Waals surface area contributed by atoms with Crippen molar-refractivity contribution in [3.05, 3.63) is 0 Å². The number of carbonyl (C=O) groups is 3. The molecule has 0 aromatic rings. The average Bonchev–Trinajstić information content (AvgIpc) is 2.26. The third-order valence-electron chi connectivity index (χ3n) is 1.97. The van der Waals surface area contributed by atoms with Crippen LogP contribution < -0.4 is 11.1 Å². The summed E-state index contributed by atoms with van der Waals surface area (Å²) in [4.78, 5) is 34.0. The van der Waals surface area contributed by atoms with Gasteiger partial charge in [-0.15, -0.1) is 0 Å². The molecule has 2 atom stereocenters. The minimum Gasteiger partial charge on any atom is -0.368 e. The zero-order valence-corrected chi connectivity index (χ0v) is 7.40. The molecule has 0 aromatic carbocycles. The van der Waals surface area contributed by atoms with Crippen LogP contribution in [0.25, 0.3) is 0 Å². The van der Waals surface area contributed by atoms with Crippen LogP contribution in [0, 0.1) is 0 Å². The van der Waals surface area contributed by atoms with E-state index < -0.39 is 29.9 Å². The van der Waals surface area contributed by atoms with Crippen molar-refractivity contribution in [2.75, 3.05) is 0 Å². The Kier molecular flexibility index (Phi) is 2.22. The number of amides is 4. The number of nitrogens with one attached hydrogen (secondary N) is 1. The Morgan fingerprint density at radius 1 is 1.62 bits per heavy atom. The van der Waals surface area contributed by atoms with E-state index in [0.29, 0.717) is 0 Å². The van der Waals surface area contributed by atoms with E-state index in [4.69, 9.17) is 5.73 Å². The Balaban J connectivity index is 2.86. The minimum atomic E-state index is -0.891. The highest BCUT2D eigenvalue weighted by Gasteiger charge is 2.39. The van der Waals surface area contributed by atoms with Gasteiger partial charge in [-0.2, -0.15) is 0 Å². The first-order valence-electron chi connectivity index (χ1n) is 3.88. The van der Waals surface area contributed by atoms with Gasteiger partial charge in [0, 0.05) is 0 Å². The lowest BCUT2D eigenvalue weighted by Gasteiger charge is -2.17. The normalized spacial score (nSPS) is 24.5. The number of primary amides is 1. The summed E-state index contributed by atoms with van der Waals surface area (Å²) in [7, 11) is 0. The molecule has 1 saturated heterocycles. The van der Waals surface area contributed by atoms with Crippen molar-refractivity contribution in [1.82, 2.24) is 10.2 Å². The molecular weight excluding hydrogens is 174 g/mol. The lowest BCUT2D eigenvalue weighted by Crippen LogP contribution is -2.46. The number of imide groups is 1. The van der Waals surface area contributed by atoms with Gasteiger partial charge in [-0.05, 0) is 13.8 Å². The van der Waals surface area contributed by atoms with Gasteiger partial charge in [0.15, 0.2) is 0 Å². The predicted octanol–water partition coefficient (Wildman–Crippen LogP) is -1.20. The van der Waals surface area contributed by atoms with Crippen LogP contribution in [0.5, 0.6) is 0 Å². The average molecular weight is 185 g/mol. The molecule has 1 rings (SSSR count).